The second kappa shape index (κ2) is 6.01. The lowest BCUT2D eigenvalue weighted by Gasteiger charge is -2.21. The highest BCUT2D eigenvalue weighted by atomic mass is 79.9. The smallest absolute Gasteiger partial charge is 0.0966 e. The minimum atomic E-state index is 0.108. The first-order valence-electron chi connectivity index (χ1n) is 7.55. The van der Waals surface area contributed by atoms with E-state index in [1.165, 1.54) is 11.1 Å². The standard InChI is InChI=1S/C20H15BrN2/c21-17-11-12-18-19(13-17)23(14-22-18)20(15-7-3-1-4-8-15)16-9-5-2-6-10-16/h1-14,20H. The zero-order valence-electron chi connectivity index (χ0n) is 12.4. The molecule has 1 aromatic heterocycles. The van der Waals surface area contributed by atoms with Gasteiger partial charge in [-0.3, -0.25) is 0 Å². The Kier molecular flexibility index (Phi) is 3.72. The first kappa shape index (κ1) is 14.2. The molecule has 0 unspecified atom stereocenters. The van der Waals surface area contributed by atoms with Gasteiger partial charge in [-0.25, -0.2) is 4.98 Å². The maximum absolute atomic E-state index is 4.57. The van der Waals surface area contributed by atoms with E-state index in [0.29, 0.717) is 0 Å². The molecule has 0 aliphatic heterocycles. The van der Waals surface area contributed by atoms with Crippen molar-refractivity contribution in [2.75, 3.05) is 0 Å². The molecule has 0 aliphatic carbocycles. The van der Waals surface area contributed by atoms with Gasteiger partial charge in [0.25, 0.3) is 0 Å². The predicted molar refractivity (Wildman–Crippen MR) is 97.6 cm³/mol. The van der Waals surface area contributed by atoms with Crippen LogP contribution < -0.4 is 0 Å². The van der Waals surface area contributed by atoms with Crippen LogP contribution in [0.2, 0.25) is 0 Å². The second-order valence-electron chi connectivity index (χ2n) is 5.51. The lowest BCUT2D eigenvalue weighted by Crippen LogP contribution is -2.11. The Balaban J connectivity index is 1.96. The van der Waals surface area contributed by atoms with Crippen molar-refractivity contribution in [2.24, 2.45) is 0 Å². The lowest BCUT2D eigenvalue weighted by molar-refractivity contribution is 0.697. The first-order valence-corrected chi connectivity index (χ1v) is 8.34. The van der Waals surface area contributed by atoms with Crippen molar-refractivity contribution in [3.63, 3.8) is 0 Å². The average Bonchev–Trinajstić information content (AvgIpc) is 3.00. The second-order valence-corrected chi connectivity index (χ2v) is 6.42. The summed E-state index contributed by atoms with van der Waals surface area (Å²) in [4.78, 5) is 4.57. The van der Waals surface area contributed by atoms with Gasteiger partial charge in [-0.15, -0.1) is 0 Å². The maximum Gasteiger partial charge on any atom is 0.0966 e. The molecule has 4 rings (SSSR count). The van der Waals surface area contributed by atoms with Gasteiger partial charge in [-0.1, -0.05) is 76.6 Å². The molecule has 0 saturated heterocycles. The summed E-state index contributed by atoms with van der Waals surface area (Å²) in [6, 6.07) is 27.4. The van der Waals surface area contributed by atoms with Gasteiger partial charge in [0.15, 0.2) is 0 Å². The molecule has 2 nitrogen and oxygen atoms in total. The fourth-order valence-electron chi connectivity index (χ4n) is 2.99. The Morgan fingerprint density at radius 2 is 1.39 bits per heavy atom. The highest BCUT2D eigenvalue weighted by Gasteiger charge is 2.18. The summed E-state index contributed by atoms with van der Waals surface area (Å²) in [7, 11) is 0. The van der Waals surface area contributed by atoms with E-state index >= 15 is 0 Å². The van der Waals surface area contributed by atoms with Crippen LogP contribution in [0.1, 0.15) is 17.2 Å². The summed E-state index contributed by atoms with van der Waals surface area (Å²) in [5.41, 5.74) is 4.62. The maximum atomic E-state index is 4.57. The molecular formula is C20H15BrN2. The van der Waals surface area contributed by atoms with Crippen LogP contribution in [0.4, 0.5) is 0 Å². The van der Waals surface area contributed by atoms with Crippen LogP contribution in [0.5, 0.6) is 0 Å². The number of halogens is 1. The van der Waals surface area contributed by atoms with Crippen LogP contribution in [0, 0.1) is 0 Å². The number of benzene rings is 3. The zero-order valence-corrected chi connectivity index (χ0v) is 14.0. The van der Waals surface area contributed by atoms with Gasteiger partial charge in [0.1, 0.15) is 0 Å². The lowest BCUT2D eigenvalue weighted by atomic mass is 9.98. The van der Waals surface area contributed by atoms with Crippen LogP contribution >= 0.6 is 15.9 Å². The summed E-state index contributed by atoms with van der Waals surface area (Å²) in [6.07, 6.45) is 1.93. The SMILES string of the molecule is Brc1ccc2ncn(C(c3ccccc3)c3ccccc3)c2c1. The van der Waals surface area contributed by atoms with Crippen molar-refractivity contribution in [3.8, 4) is 0 Å². The van der Waals surface area contributed by atoms with Gasteiger partial charge in [0, 0.05) is 4.47 Å². The van der Waals surface area contributed by atoms with E-state index in [1.807, 2.05) is 30.6 Å². The third kappa shape index (κ3) is 2.68. The van der Waals surface area contributed by atoms with Crippen molar-refractivity contribution in [2.45, 2.75) is 6.04 Å². The van der Waals surface area contributed by atoms with Crippen LogP contribution in [-0.2, 0) is 0 Å². The molecule has 0 atom stereocenters. The summed E-state index contributed by atoms with van der Waals surface area (Å²) in [5.74, 6) is 0. The molecule has 3 aromatic carbocycles. The Morgan fingerprint density at radius 3 is 2.00 bits per heavy atom. The highest BCUT2D eigenvalue weighted by Crippen LogP contribution is 2.30. The van der Waals surface area contributed by atoms with Crippen molar-refractivity contribution < 1.29 is 0 Å². The van der Waals surface area contributed by atoms with Crippen LogP contribution in [0.15, 0.2) is 89.7 Å². The molecule has 0 saturated carbocycles. The van der Waals surface area contributed by atoms with Gasteiger partial charge in [0.2, 0.25) is 0 Å². The van der Waals surface area contributed by atoms with Crippen LogP contribution in [0.3, 0.4) is 0 Å². The van der Waals surface area contributed by atoms with Gasteiger partial charge in [-0.05, 0) is 29.3 Å². The molecule has 0 radical (unpaired) electrons. The van der Waals surface area contributed by atoms with Crippen molar-refractivity contribution in [1.29, 1.82) is 0 Å². The summed E-state index contributed by atoms with van der Waals surface area (Å²) in [6.45, 7) is 0. The van der Waals surface area contributed by atoms with E-state index in [9.17, 15) is 0 Å². The van der Waals surface area contributed by atoms with E-state index < -0.39 is 0 Å². The quantitative estimate of drug-likeness (QED) is 0.474. The van der Waals surface area contributed by atoms with Gasteiger partial charge < -0.3 is 4.57 Å². The van der Waals surface area contributed by atoms with E-state index in [4.69, 9.17) is 0 Å². The van der Waals surface area contributed by atoms with E-state index in [1.54, 1.807) is 0 Å². The van der Waals surface area contributed by atoms with Crippen molar-refractivity contribution in [1.82, 2.24) is 9.55 Å². The van der Waals surface area contributed by atoms with E-state index in [2.05, 4.69) is 80.1 Å². The summed E-state index contributed by atoms with van der Waals surface area (Å²) in [5, 5.41) is 0. The number of nitrogens with zero attached hydrogens (tertiary/aromatic N) is 2. The molecule has 0 aliphatic rings. The molecule has 0 fully saturated rings. The summed E-state index contributed by atoms with van der Waals surface area (Å²) < 4.78 is 3.30. The minimum Gasteiger partial charge on any atom is -0.319 e. The summed E-state index contributed by atoms with van der Waals surface area (Å²) >= 11 is 3.57. The van der Waals surface area contributed by atoms with E-state index in [-0.39, 0.29) is 6.04 Å². The first-order chi connectivity index (χ1) is 11.3. The third-order valence-corrected chi connectivity index (χ3v) is 4.54. The van der Waals surface area contributed by atoms with Gasteiger partial charge >= 0.3 is 0 Å². The number of aromatic nitrogens is 2. The Morgan fingerprint density at radius 1 is 0.783 bits per heavy atom. The number of hydrogen-bond acceptors (Lipinski definition) is 1. The fraction of sp³-hybridized carbons (Fsp3) is 0.0500. The highest BCUT2D eigenvalue weighted by molar-refractivity contribution is 9.10. The van der Waals surface area contributed by atoms with Crippen LogP contribution in [0.25, 0.3) is 11.0 Å². The Labute approximate surface area is 143 Å². The van der Waals surface area contributed by atoms with Crippen molar-refractivity contribution in [3.05, 3.63) is 101 Å². The van der Waals surface area contributed by atoms with Gasteiger partial charge in [0.05, 0.1) is 23.4 Å². The largest absolute Gasteiger partial charge is 0.319 e. The molecule has 0 amide bonds. The minimum absolute atomic E-state index is 0.108. The molecule has 3 heteroatoms. The average molecular weight is 363 g/mol. The van der Waals surface area contributed by atoms with Gasteiger partial charge in [-0.2, -0.15) is 0 Å². The monoisotopic (exact) mass is 362 g/mol. The molecule has 23 heavy (non-hydrogen) atoms. The number of fused-ring (bicyclic) bond motifs is 1. The topological polar surface area (TPSA) is 17.8 Å². The Hall–Kier alpha value is -2.39. The molecule has 0 bridgehead atoms. The predicted octanol–water partition coefficient (Wildman–Crippen LogP) is 5.44. The molecule has 1 heterocycles. The molecular weight excluding hydrogens is 348 g/mol. The number of imidazole rings is 1. The normalized spacial score (nSPS) is 11.2. The molecule has 0 spiro atoms. The molecule has 112 valence electrons. The van der Waals surface area contributed by atoms with Crippen LogP contribution in [-0.4, -0.2) is 9.55 Å². The molecule has 0 N–H and O–H groups in total. The number of hydrogen-bond donors (Lipinski definition) is 0. The van der Waals surface area contributed by atoms with E-state index in [0.717, 1.165) is 15.5 Å². The fourth-order valence-corrected chi connectivity index (χ4v) is 3.34. The zero-order chi connectivity index (χ0) is 15.6. The third-order valence-electron chi connectivity index (χ3n) is 4.05. The Bertz CT molecular complexity index is 890. The molecule has 4 aromatic rings. The van der Waals surface area contributed by atoms with Crippen molar-refractivity contribution >= 4 is 27.0 Å². The number of rotatable bonds is 3.